The Bertz CT molecular complexity index is 489. The Labute approximate surface area is 101 Å². The molecule has 0 aliphatic heterocycles. The van der Waals surface area contributed by atoms with E-state index in [4.69, 9.17) is 17.3 Å². The van der Waals surface area contributed by atoms with E-state index in [-0.39, 0.29) is 0 Å². The molecule has 0 radical (unpaired) electrons. The molecular weight excluding hydrogens is 218 g/mol. The molecular formula is C14H14ClN. The fourth-order valence-electron chi connectivity index (χ4n) is 1.77. The van der Waals surface area contributed by atoms with Crippen LogP contribution in [-0.4, -0.2) is 0 Å². The minimum Gasteiger partial charge on any atom is -0.326 e. The van der Waals surface area contributed by atoms with Gasteiger partial charge in [0, 0.05) is 11.6 Å². The van der Waals surface area contributed by atoms with Crippen LogP contribution < -0.4 is 5.73 Å². The summed E-state index contributed by atoms with van der Waals surface area (Å²) in [5, 5.41) is 0.755. The quantitative estimate of drug-likeness (QED) is 0.837. The van der Waals surface area contributed by atoms with Crippen LogP contribution in [0.15, 0.2) is 42.5 Å². The zero-order valence-electron chi connectivity index (χ0n) is 9.20. The fourth-order valence-corrected chi connectivity index (χ4v) is 1.89. The Morgan fingerprint density at radius 3 is 2.38 bits per heavy atom. The predicted octanol–water partition coefficient (Wildman–Crippen LogP) is 3.77. The molecule has 1 nitrogen and oxygen atoms in total. The topological polar surface area (TPSA) is 26.0 Å². The molecule has 82 valence electrons. The summed E-state index contributed by atoms with van der Waals surface area (Å²) in [4.78, 5) is 0. The van der Waals surface area contributed by atoms with Crippen molar-refractivity contribution in [2.75, 3.05) is 0 Å². The minimum atomic E-state index is 0.554. The van der Waals surface area contributed by atoms with Crippen LogP contribution in [-0.2, 0) is 6.54 Å². The van der Waals surface area contributed by atoms with Crippen LogP contribution in [0.25, 0.3) is 11.1 Å². The highest BCUT2D eigenvalue weighted by Crippen LogP contribution is 2.26. The van der Waals surface area contributed by atoms with E-state index in [0.29, 0.717) is 6.54 Å². The lowest BCUT2D eigenvalue weighted by molar-refractivity contribution is 1.07. The maximum absolute atomic E-state index is 5.88. The fraction of sp³-hybridized carbons (Fsp3) is 0.143. The first kappa shape index (κ1) is 11.2. The van der Waals surface area contributed by atoms with Crippen LogP contribution in [0.1, 0.15) is 11.1 Å². The summed E-state index contributed by atoms with van der Waals surface area (Å²) < 4.78 is 0. The average Bonchev–Trinajstić information content (AvgIpc) is 2.30. The molecule has 0 saturated heterocycles. The second-order valence-corrected chi connectivity index (χ2v) is 4.31. The third-order valence-electron chi connectivity index (χ3n) is 2.64. The largest absolute Gasteiger partial charge is 0.326 e. The van der Waals surface area contributed by atoms with Gasteiger partial charge in [0.2, 0.25) is 0 Å². The highest BCUT2D eigenvalue weighted by molar-refractivity contribution is 6.30. The molecule has 0 saturated carbocycles. The Hall–Kier alpha value is -1.31. The third kappa shape index (κ3) is 2.26. The van der Waals surface area contributed by atoms with Crippen LogP contribution >= 0.6 is 11.6 Å². The van der Waals surface area contributed by atoms with Crippen molar-refractivity contribution in [2.24, 2.45) is 5.73 Å². The summed E-state index contributed by atoms with van der Waals surface area (Å²) >= 11 is 5.88. The normalized spacial score (nSPS) is 10.4. The summed E-state index contributed by atoms with van der Waals surface area (Å²) in [7, 11) is 0. The van der Waals surface area contributed by atoms with Crippen LogP contribution in [0.4, 0.5) is 0 Å². The predicted molar refractivity (Wildman–Crippen MR) is 69.5 cm³/mol. The number of hydrogen-bond donors (Lipinski definition) is 1. The van der Waals surface area contributed by atoms with Gasteiger partial charge < -0.3 is 5.73 Å². The van der Waals surface area contributed by atoms with E-state index in [9.17, 15) is 0 Å². The van der Waals surface area contributed by atoms with E-state index in [2.05, 4.69) is 25.1 Å². The zero-order valence-corrected chi connectivity index (χ0v) is 9.96. The van der Waals surface area contributed by atoms with Crippen molar-refractivity contribution in [1.82, 2.24) is 0 Å². The van der Waals surface area contributed by atoms with Gasteiger partial charge in [-0.3, -0.25) is 0 Å². The summed E-state index contributed by atoms with van der Waals surface area (Å²) in [6, 6.07) is 14.2. The number of rotatable bonds is 2. The summed E-state index contributed by atoms with van der Waals surface area (Å²) in [5.74, 6) is 0. The van der Waals surface area contributed by atoms with Gasteiger partial charge in [-0.05, 0) is 35.7 Å². The van der Waals surface area contributed by atoms with Gasteiger partial charge >= 0.3 is 0 Å². The maximum atomic E-state index is 5.88. The van der Waals surface area contributed by atoms with Gasteiger partial charge in [-0.15, -0.1) is 0 Å². The van der Waals surface area contributed by atoms with Crippen molar-refractivity contribution in [2.45, 2.75) is 13.5 Å². The summed E-state index contributed by atoms with van der Waals surface area (Å²) in [5.41, 5.74) is 10.5. The minimum absolute atomic E-state index is 0.554. The van der Waals surface area contributed by atoms with Crippen LogP contribution in [0.3, 0.4) is 0 Å². The molecule has 0 unspecified atom stereocenters. The van der Waals surface area contributed by atoms with Gasteiger partial charge in [0.25, 0.3) is 0 Å². The van der Waals surface area contributed by atoms with E-state index in [1.807, 2.05) is 24.3 Å². The molecule has 2 N–H and O–H groups in total. The lowest BCUT2D eigenvalue weighted by atomic mass is 9.98. The van der Waals surface area contributed by atoms with Crippen molar-refractivity contribution in [3.63, 3.8) is 0 Å². The monoisotopic (exact) mass is 231 g/mol. The van der Waals surface area contributed by atoms with Gasteiger partial charge in [-0.25, -0.2) is 0 Å². The Kier molecular flexibility index (Phi) is 3.28. The molecule has 0 heterocycles. The molecule has 2 heteroatoms. The number of halogens is 1. The van der Waals surface area contributed by atoms with Crippen molar-refractivity contribution >= 4 is 11.6 Å². The first-order valence-corrected chi connectivity index (χ1v) is 5.64. The first-order chi connectivity index (χ1) is 7.70. The molecule has 0 spiro atoms. The summed E-state index contributed by atoms with van der Waals surface area (Å²) in [6.07, 6.45) is 0. The molecule has 0 atom stereocenters. The van der Waals surface area contributed by atoms with Gasteiger partial charge in [-0.2, -0.15) is 0 Å². The second-order valence-electron chi connectivity index (χ2n) is 3.87. The van der Waals surface area contributed by atoms with Crippen molar-refractivity contribution in [1.29, 1.82) is 0 Å². The Morgan fingerprint density at radius 1 is 1.06 bits per heavy atom. The van der Waals surface area contributed by atoms with Gasteiger partial charge in [0.1, 0.15) is 0 Å². The molecule has 16 heavy (non-hydrogen) atoms. The van der Waals surface area contributed by atoms with E-state index in [1.54, 1.807) is 0 Å². The molecule has 2 aromatic carbocycles. The zero-order chi connectivity index (χ0) is 11.5. The molecule has 0 fully saturated rings. The number of aryl methyl sites for hydroxylation is 1. The average molecular weight is 232 g/mol. The molecule has 2 rings (SSSR count). The number of hydrogen-bond acceptors (Lipinski definition) is 1. The first-order valence-electron chi connectivity index (χ1n) is 5.26. The summed E-state index contributed by atoms with van der Waals surface area (Å²) in [6.45, 7) is 2.64. The van der Waals surface area contributed by atoms with E-state index in [1.165, 1.54) is 11.1 Å². The number of benzene rings is 2. The van der Waals surface area contributed by atoms with Crippen LogP contribution in [0.5, 0.6) is 0 Å². The molecule has 0 bridgehead atoms. The molecule has 0 aliphatic carbocycles. The smallest absolute Gasteiger partial charge is 0.0406 e. The van der Waals surface area contributed by atoms with Crippen LogP contribution in [0.2, 0.25) is 5.02 Å². The van der Waals surface area contributed by atoms with E-state index < -0.39 is 0 Å². The van der Waals surface area contributed by atoms with E-state index >= 15 is 0 Å². The van der Waals surface area contributed by atoms with Crippen molar-refractivity contribution in [3.8, 4) is 11.1 Å². The molecule has 0 aromatic heterocycles. The van der Waals surface area contributed by atoms with E-state index in [0.717, 1.165) is 16.1 Å². The lowest BCUT2D eigenvalue weighted by Crippen LogP contribution is -1.99. The van der Waals surface area contributed by atoms with Crippen molar-refractivity contribution < 1.29 is 0 Å². The Balaban J connectivity index is 2.53. The van der Waals surface area contributed by atoms with Gasteiger partial charge in [-0.1, -0.05) is 47.5 Å². The highest BCUT2D eigenvalue weighted by Gasteiger charge is 2.04. The highest BCUT2D eigenvalue weighted by atomic mass is 35.5. The maximum Gasteiger partial charge on any atom is 0.0406 e. The van der Waals surface area contributed by atoms with Gasteiger partial charge in [0.15, 0.2) is 0 Å². The lowest BCUT2D eigenvalue weighted by Gasteiger charge is -2.09. The second kappa shape index (κ2) is 4.69. The van der Waals surface area contributed by atoms with Gasteiger partial charge in [0.05, 0.1) is 0 Å². The molecule has 0 aliphatic rings. The Morgan fingerprint density at radius 2 is 1.75 bits per heavy atom. The SMILES string of the molecule is Cc1ccc(CN)c(-c2ccc(Cl)cc2)c1. The number of nitrogens with two attached hydrogens (primary N) is 1. The molecule has 0 amide bonds. The van der Waals surface area contributed by atoms with Crippen LogP contribution in [0, 0.1) is 6.92 Å². The molecule has 2 aromatic rings. The van der Waals surface area contributed by atoms with Crippen molar-refractivity contribution in [3.05, 3.63) is 58.6 Å². The third-order valence-corrected chi connectivity index (χ3v) is 2.89. The standard InChI is InChI=1S/C14H14ClN/c1-10-2-3-12(9-16)14(8-10)11-4-6-13(15)7-5-11/h2-8H,9,16H2,1H3.